The highest BCUT2D eigenvalue weighted by Gasteiger charge is 2.39. The number of nitrogens with zero attached hydrogens (tertiary/aromatic N) is 2. The molecular formula is C22H40N8O6. The minimum Gasteiger partial charge on any atom is -0.480 e. The summed E-state index contributed by atoms with van der Waals surface area (Å²) >= 11 is 0. The molecule has 0 aromatic heterocycles. The zero-order chi connectivity index (χ0) is 27.4. The number of aliphatic imine (C=N–C) groups is 1. The molecule has 1 saturated heterocycles. The minimum absolute atomic E-state index is 0.0109. The summed E-state index contributed by atoms with van der Waals surface area (Å²) in [5.41, 5.74) is 21.6. The fourth-order valence-electron chi connectivity index (χ4n) is 3.90. The van der Waals surface area contributed by atoms with Gasteiger partial charge in [-0.05, 0) is 38.0 Å². The second-order valence-corrected chi connectivity index (χ2v) is 9.02. The predicted octanol–water partition coefficient (Wildman–Crippen LogP) is -2.28. The molecule has 5 unspecified atom stereocenters. The summed E-state index contributed by atoms with van der Waals surface area (Å²) < 4.78 is 0. The average Bonchev–Trinajstić information content (AvgIpc) is 3.31. The summed E-state index contributed by atoms with van der Waals surface area (Å²) in [6, 6.07) is -4.04. The third-order valence-electron chi connectivity index (χ3n) is 6.21. The van der Waals surface area contributed by atoms with E-state index in [2.05, 4.69) is 15.6 Å². The van der Waals surface area contributed by atoms with Crippen molar-refractivity contribution in [2.45, 2.75) is 83.0 Å². The quantitative estimate of drug-likeness (QED) is 0.0708. The molecule has 0 aliphatic carbocycles. The van der Waals surface area contributed by atoms with E-state index in [0.717, 1.165) is 0 Å². The first kappa shape index (κ1) is 30.6. The standard InChI is InChI=1S/C22H40N8O6/c1-3-12(2)17(21(35)36)29-19(33)15-7-5-11-30(15)20(34)14(6-4-10-27-22(25)26)28-18(32)13(23)8-9-16(24)31/h12-15,17H,3-11,23H2,1-2H3,(H2,24,31)(H,28,32)(H,29,33)(H,35,36)(H4,25,26,27). The van der Waals surface area contributed by atoms with E-state index in [4.69, 9.17) is 22.9 Å². The van der Waals surface area contributed by atoms with Crippen LogP contribution in [0.5, 0.6) is 0 Å². The topological polar surface area (TPSA) is 249 Å². The molecule has 0 bridgehead atoms. The van der Waals surface area contributed by atoms with Crippen molar-refractivity contribution in [3.8, 4) is 0 Å². The number of nitrogens with two attached hydrogens (primary N) is 4. The number of carboxylic acids is 1. The third-order valence-corrected chi connectivity index (χ3v) is 6.21. The molecule has 204 valence electrons. The number of likely N-dealkylation sites (tertiary alicyclic amines) is 1. The Labute approximate surface area is 210 Å². The summed E-state index contributed by atoms with van der Waals surface area (Å²) in [6.07, 6.45) is 1.88. The number of primary amides is 1. The summed E-state index contributed by atoms with van der Waals surface area (Å²) in [6.45, 7) is 4.03. The number of nitrogens with one attached hydrogen (secondary N) is 2. The van der Waals surface area contributed by atoms with Gasteiger partial charge in [0.05, 0.1) is 6.04 Å². The molecule has 1 rings (SSSR count). The summed E-state index contributed by atoms with van der Waals surface area (Å²) in [5, 5.41) is 14.7. The lowest BCUT2D eigenvalue weighted by Crippen LogP contribution is -2.57. The number of rotatable bonds is 15. The Morgan fingerprint density at radius 3 is 2.33 bits per heavy atom. The van der Waals surface area contributed by atoms with Crippen molar-refractivity contribution in [1.82, 2.24) is 15.5 Å². The van der Waals surface area contributed by atoms with Gasteiger partial charge in [0.25, 0.3) is 0 Å². The number of guanidine groups is 1. The number of hydrogen-bond donors (Lipinski definition) is 7. The Morgan fingerprint density at radius 2 is 1.78 bits per heavy atom. The molecule has 0 aromatic carbocycles. The van der Waals surface area contributed by atoms with Crippen molar-refractivity contribution in [2.75, 3.05) is 13.1 Å². The highest BCUT2D eigenvalue weighted by molar-refractivity contribution is 5.94. The summed E-state index contributed by atoms with van der Waals surface area (Å²) in [7, 11) is 0. The van der Waals surface area contributed by atoms with Crippen LogP contribution in [-0.2, 0) is 24.0 Å². The number of hydrogen-bond acceptors (Lipinski definition) is 7. The van der Waals surface area contributed by atoms with Crippen LogP contribution in [0.1, 0.15) is 58.8 Å². The van der Waals surface area contributed by atoms with E-state index in [1.54, 1.807) is 6.92 Å². The van der Waals surface area contributed by atoms with Gasteiger partial charge in [-0.25, -0.2) is 4.79 Å². The van der Waals surface area contributed by atoms with Crippen molar-refractivity contribution in [3.05, 3.63) is 0 Å². The van der Waals surface area contributed by atoms with Crippen LogP contribution in [0.4, 0.5) is 0 Å². The van der Waals surface area contributed by atoms with E-state index >= 15 is 0 Å². The van der Waals surface area contributed by atoms with Crippen LogP contribution < -0.4 is 33.6 Å². The molecule has 36 heavy (non-hydrogen) atoms. The molecule has 1 aliphatic rings. The van der Waals surface area contributed by atoms with E-state index in [-0.39, 0.29) is 44.2 Å². The maximum Gasteiger partial charge on any atom is 0.326 e. The van der Waals surface area contributed by atoms with Crippen LogP contribution in [0, 0.1) is 5.92 Å². The Bertz CT molecular complexity index is 831. The molecule has 0 radical (unpaired) electrons. The molecule has 5 atom stereocenters. The smallest absolute Gasteiger partial charge is 0.326 e. The molecule has 14 nitrogen and oxygen atoms in total. The molecule has 1 aliphatic heterocycles. The van der Waals surface area contributed by atoms with Crippen molar-refractivity contribution >= 4 is 35.6 Å². The molecule has 11 N–H and O–H groups in total. The highest BCUT2D eigenvalue weighted by atomic mass is 16.4. The van der Waals surface area contributed by atoms with Gasteiger partial charge in [0, 0.05) is 19.5 Å². The number of amides is 4. The average molecular weight is 513 g/mol. The highest BCUT2D eigenvalue weighted by Crippen LogP contribution is 2.21. The van der Waals surface area contributed by atoms with E-state index in [1.807, 2.05) is 6.92 Å². The Balaban J connectivity index is 3.00. The van der Waals surface area contributed by atoms with Gasteiger partial charge in [-0.3, -0.25) is 24.2 Å². The molecule has 1 fully saturated rings. The Morgan fingerprint density at radius 1 is 1.11 bits per heavy atom. The van der Waals surface area contributed by atoms with Crippen LogP contribution in [0.15, 0.2) is 4.99 Å². The van der Waals surface area contributed by atoms with Crippen LogP contribution >= 0.6 is 0 Å². The van der Waals surface area contributed by atoms with Gasteiger partial charge >= 0.3 is 5.97 Å². The number of aliphatic carboxylic acids is 1. The summed E-state index contributed by atoms with van der Waals surface area (Å²) in [5.74, 6) is -3.86. The molecule has 0 saturated carbocycles. The number of carbonyl (C=O) groups is 5. The molecule has 0 aromatic rings. The van der Waals surface area contributed by atoms with E-state index in [0.29, 0.717) is 25.7 Å². The van der Waals surface area contributed by atoms with Gasteiger partial charge < -0.3 is 43.6 Å². The van der Waals surface area contributed by atoms with Crippen molar-refractivity contribution < 1.29 is 29.1 Å². The first-order chi connectivity index (χ1) is 16.9. The van der Waals surface area contributed by atoms with Gasteiger partial charge in [0.2, 0.25) is 23.6 Å². The van der Waals surface area contributed by atoms with E-state index < -0.39 is 53.8 Å². The normalized spacial score (nSPS) is 18.4. The lowest BCUT2D eigenvalue weighted by atomic mass is 9.98. The Kier molecular flexibility index (Phi) is 12.6. The Hall–Kier alpha value is -3.42. The van der Waals surface area contributed by atoms with Crippen LogP contribution in [0.2, 0.25) is 0 Å². The minimum atomic E-state index is -1.15. The zero-order valence-corrected chi connectivity index (χ0v) is 20.9. The first-order valence-electron chi connectivity index (χ1n) is 12.1. The largest absolute Gasteiger partial charge is 0.480 e. The number of carboxylic acid groups (broad SMARTS) is 1. The van der Waals surface area contributed by atoms with Crippen molar-refractivity contribution in [3.63, 3.8) is 0 Å². The maximum absolute atomic E-state index is 13.4. The number of carbonyl (C=O) groups excluding carboxylic acids is 4. The van der Waals surface area contributed by atoms with Crippen LogP contribution in [0.25, 0.3) is 0 Å². The molecule has 0 spiro atoms. The fraction of sp³-hybridized carbons (Fsp3) is 0.727. The van der Waals surface area contributed by atoms with Crippen LogP contribution in [0.3, 0.4) is 0 Å². The molecule has 4 amide bonds. The lowest BCUT2D eigenvalue weighted by molar-refractivity contribution is -0.146. The summed E-state index contributed by atoms with van der Waals surface area (Å²) in [4.78, 5) is 66.9. The van der Waals surface area contributed by atoms with Crippen LogP contribution in [-0.4, -0.2) is 82.8 Å². The molecule has 14 heteroatoms. The SMILES string of the molecule is CCC(C)C(NC(=O)C1CCCN1C(=O)C(CCCN=C(N)N)NC(=O)C(N)CCC(N)=O)C(=O)O. The van der Waals surface area contributed by atoms with Gasteiger partial charge in [-0.2, -0.15) is 0 Å². The van der Waals surface area contributed by atoms with Crippen molar-refractivity contribution in [2.24, 2.45) is 33.8 Å². The molecular weight excluding hydrogens is 472 g/mol. The monoisotopic (exact) mass is 512 g/mol. The van der Waals surface area contributed by atoms with Gasteiger partial charge in [0.15, 0.2) is 5.96 Å². The second-order valence-electron chi connectivity index (χ2n) is 9.02. The second kappa shape index (κ2) is 14.9. The van der Waals surface area contributed by atoms with Gasteiger partial charge in [0.1, 0.15) is 18.1 Å². The van der Waals surface area contributed by atoms with E-state index in [9.17, 15) is 29.1 Å². The fourth-order valence-corrected chi connectivity index (χ4v) is 3.90. The third kappa shape index (κ3) is 9.68. The van der Waals surface area contributed by atoms with Crippen molar-refractivity contribution in [1.29, 1.82) is 0 Å². The van der Waals surface area contributed by atoms with E-state index in [1.165, 1.54) is 4.90 Å². The predicted molar refractivity (Wildman–Crippen MR) is 132 cm³/mol. The zero-order valence-electron chi connectivity index (χ0n) is 20.9. The maximum atomic E-state index is 13.4. The first-order valence-corrected chi connectivity index (χ1v) is 12.1. The lowest BCUT2D eigenvalue weighted by Gasteiger charge is -2.30. The molecule has 1 heterocycles. The van der Waals surface area contributed by atoms with Gasteiger partial charge in [-0.1, -0.05) is 20.3 Å². The van der Waals surface area contributed by atoms with Gasteiger partial charge in [-0.15, -0.1) is 0 Å².